The molecule has 0 aliphatic carbocycles. The van der Waals surface area contributed by atoms with Crippen molar-refractivity contribution in [3.05, 3.63) is 53.6 Å². The molecule has 2 heterocycles. The number of amides is 2. The number of carbonyl (C=O) groups excluding carboxylic acids is 2. The van der Waals surface area contributed by atoms with Gasteiger partial charge in [0, 0.05) is 43.5 Å². The smallest absolute Gasteiger partial charge is 0.265 e. The average Bonchev–Trinajstić information content (AvgIpc) is 2.74. The van der Waals surface area contributed by atoms with E-state index in [4.69, 9.17) is 9.47 Å². The number of anilines is 2. The highest BCUT2D eigenvalue weighted by Crippen LogP contribution is 2.34. The Labute approximate surface area is 170 Å². The van der Waals surface area contributed by atoms with Gasteiger partial charge < -0.3 is 19.7 Å². The van der Waals surface area contributed by atoms with Crippen LogP contribution < -0.4 is 15.0 Å². The molecule has 2 aromatic rings. The Bertz CT molecular complexity index is 891. The minimum atomic E-state index is -0.180. The number of hydrogen-bond donors (Lipinski definition) is 1. The second-order valence-electron chi connectivity index (χ2n) is 7.29. The minimum Gasteiger partial charge on any atom is -0.481 e. The van der Waals surface area contributed by atoms with E-state index in [9.17, 15) is 9.59 Å². The van der Waals surface area contributed by atoms with E-state index in [1.165, 1.54) is 0 Å². The Morgan fingerprint density at radius 2 is 1.83 bits per heavy atom. The van der Waals surface area contributed by atoms with Crippen molar-refractivity contribution >= 4 is 23.2 Å². The van der Waals surface area contributed by atoms with Gasteiger partial charge in [0.1, 0.15) is 5.75 Å². The molecule has 0 bridgehead atoms. The summed E-state index contributed by atoms with van der Waals surface area (Å²) in [4.78, 5) is 28.9. The van der Waals surface area contributed by atoms with Gasteiger partial charge in [-0.1, -0.05) is 17.7 Å². The molecule has 0 spiro atoms. The quantitative estimate of drug-likeness (QED) is 0.841. The van der Waals surface area contributed by atoms with Crippen LogP contribution in [0.25, 0.3) is 0 Å². The van der Waals surface area contributed by atoms with E-state index in [-0.39, 0.29) is 18.4 Å². The monoisotopic (exact) mass is 395 g/mol. The summed E-state index contributed by atoms with van der Waals surface area (Å²) >= 11 is 0. The van der Waals surface area contributed by atoms with Crippen LogP contribution in [0.3, 0.4) is 0 Å². The van der Waals surface area contributed by atoms with Crippen molar-refractivity contribution in [1.82, 2.24) is 4.90 Å². The summed E-state index contributed by atoms with van der Waals surface area (Å²) in [6.45, 7) is 6.62. The van der Waals surface area contributed by atoms with Crippen LogP contribution >= 0.6 is 0 Å². The van der Waals surface area contributed by atoms with Crippen molar-refractivity contribution in [2.24, 2.45) is 0 Å². The maximum Gasteiger partial charge on any atom is 0.265 e. The van der Waals surface area contributed by atoms with Crippen molar-refractivity contribution in [1.29, 1.82) is 0 Å². The molecule has 1 fully saturated rings. The number of benzene rings is 2. The fraction of sp³-hybridized carbons (Fsp3) is 0.364. The molecule has 4 rings (SSSR count). The minimum absolute atomic E-state index is 0.00543. The molecular weight excluding hydrogens is 370 g/mol. The molecular formula is C22H25N3O4. The number of ether oxygens (including phenoxy) is 2. The first kappa shape index (κ1) is 19.4. The third kappa shape index (κ3) is 4.58. The lowest BCUT2D eigenvalue weighted by molar-refractivity contribution is -0.121. The zero-order valence-corrected chi connectivity index (χ0v) is 16.5. The lowest BCUT2D eigenvalue weighted by atomic mass is 10.1. The fourth-order valence-electron chi connectivity index (χ4n) is 3.50. The maximum absolute atomic E-state index is 12.5. The second-order valence-corrected chi connectivity index (χ2v) is 7.29. The summed E-state index contributed by atoms with van der Waals surface area (Å²) in [5, 5.41) is 2.89. The van der Waals surface area contributed by atoms with E-state index in [2.05, 4.69) is 10.2 Å². The van der Waals surface area contributed by atoms with Gasteiger partial charge in [-0.3, -0.25) is 14.5 Å². The van der Waals surface area contributed by atoms with Gasteiger partial charge in [0.15, 0.2) is 6.61 Å². The molecule has 1 saturated heterocycles. The number of nitrogens with one attached hydrogen (secondary N) is 1. The van der Waals surface area contributed by atoms with Crippen LogP contribution in [0.15, 0.2) is 42.5 Å². The van der Waals surface area contributed by atoms with E-state index >= 15 is 0 Å². The average molecular weight is 395 g/mol. The molecule has 0 unspecified atom stereocenters. The predicted octanol–water partition coefficient (Wildman–Crippen LogP) is 2.30. The van der Waals surface area contributed by atoms with Gasteiger partial charge >= 0.3 is 0 Å². The van der Waals surface area contributed by atoms with Crippen LogP contribution in [0, 0.1) is 6.92 Å². The predicted molar refractivity (Wildman–Crippen MR) is 111 cm³/mol. The van der Waals surface area contributed by atoms with Crippen LogP contribution in [-0.4, -0.2) is 62.7 Å². The molecule has 2 aromatic carbocycles. The molecule has 7 nitrogen and oxygen atoms in total. The Morgan fingerprint density at radius 3 is 2.59 bits per heavy atom. The van der Waals surface area contributed by atoms with Crippen molar-refractivity contribution in [2.75, 3.05) is 56.2 Å². The molecule has 0 radical (unpaired) electrons. The van der Waals surface area contributed by atoms with Gasteiger partial charge in [-0.05, 0) is 31.2 Å². The molecule has 2 amide bonds. The summed E-state index contributed by atoms with van der Waals surface area (Å²) in [6.07, 6.45) is 0. The SMILES string of the molecule is Cc1ccc(C(=O)Nc2ccc3c(c2)OCC(=O)N3CCN2CCOCC2)cc1. The number of morpholine rings is 1. The van der Waals surface area contributed by atoms with E-state index < -0.39 is 0 Å². The van der Waals surface area contributed by atoms with E-state index in [0.29, 0.717) is 23.5 Å². The number of hydrogen-bond acceptors (Lipinski definition) is 5. The molecule has 0 atom stereocenters. The van der Waals surface area contributed by atoms with Crippen molar-refractivity contribution in [3.63, 3.8) is 0 Å². The van der Waals surface area contributed by atoms with E-state index in [0.717, 1.165) is 44.1 Å². The van der Waals surface area contributed by atoms with E-state index in [1.54, 1.807) is 29.2 Å². The molecule has 7 heteroatoms. The highest BCUT2D eigenvalue weighted by atomic mass is 16.5. The van der Waals surface area contributed by atoms with Crippen LogP contribution in [0.4, 0.5) is 11.4 Å². The first-order chi connectivity index (χ1) is 14.1. The van der Waals surface area contributed by atoms with Gasteiger partial charge in [0.25, 0.3) is 11.8 Å². The second kappa shape index (κ2) is 8.63. The van der Waals surface area contributed by atoms with Gasteiger partial charge in [-0.2, -0.15) is 0 Å². The number of fused-ring (bicyclic) bond motifs is 1. The lowest BCUT2D eigenvalue weighted by Gasteiger charge is -2.33. The molecule has 2 aliphatic heterocycles. The van der Waals surface area contributed by atoms with Crippen molar-refractivity contribution in [2.45, 2.75) is 6.92 Å². The molecule has 29 heavy (non-hydrogen) atoms. The Hall–Kier alpha value is -2.90. The Balaban J connectivity index is 1.45. The number of carbonyl (C=O) groups is 2. The summed E-state index contributed by atoms with van der Waals surface area (Å²) in [5.74, 6) is 0.372. The third-order valence-electron chi connectivity index (χ3n) is 5.22. The van der Waals surface area contributed by atoms with Gasteiger partial charge in [0.2, 0.25) is 0 Å². The first-order valence-electron chi connectivity index (χ1n) is 9.85. The van der Waals surface area contributed by atoms with Gasteiger partial charge in [-0.15, -0.1) is 0 Å². The van der Waals surface area contributed by atoms with Crippen molar-refractivity contribution in [3.8, 4) is 5.75 Å². The molecule has 2 aliphatic rings. The molecule has 0 aromatic heterocycles. The highest BCUT2D eigenvalue weighted by molar-refractivity contribution is 6.05. The zero-order valence-electron chi connectivity index (χ0n) is 16.5. The van der Waals surface area contributed by atoms with E-state index in [1.807, 2.05) is 25.1 Å². The standard InChI is InChI=1S/C22H25N3O4/c1-16-2-4-17(5-3-16)22(27)23-18-6-7-19-20(14-18)29-15-21(26)25(19)9-8-24-10-12-28-13-11-24/h2-7,14H,8-13,15H2,1H3,(H,23,27). The molecule has 1 N–H and O–H groups in total. The summed E-state index contributed by atoms with van der Waals surface area (Å²) in [5.41, 5.74) is 3.07. The number of nitrogens with zero attached hydrogens (tertiary/aromatic N) is 2. The summed E-state index contributed by atoms with van der Waals surface area (Å²) in [6, 6.07) is 12.8. The van der Waals surface area contributed by atoms with Crippen LogP contribution in [0.5, 0.6) is 5.75 Å². The Kier molecular flexibility index (Phi) is 5.78. The summed E-state index contributed by atoms with van der Waals surface area (Å²) < 4.78 is 11.0. The largest absolute Gasteiger partial charge is 0.481 e. The van der Waals surface area contributed by atoms with Crippen LogP contribution in [0.2, 0.25) is 0 Å². The molecule has 152 valence electrons. The van der Waals surface area contributed by atoms with Crippen LogP contribution in [0.1, 0.15) is 15.9 Å². The van der Waals surface area contributed by atoms with Gasteiger partial charge in [-0.25, -0.2) is 0 Å². The first-order valence-corrected chi connectivity index (χ1v) is 9.85. The zero-order chi connectivity index (χ0) is 20.2. The Morgan fingerprint density at radius 1 is 1.07 bits per heavy atom. The topological polar surface area (TPSA) is 71.1 Å². The normalized spacial score (nSPS) is 16.9. The van der Waals surface area contributed by atoms with Crippen LogP contribution in [-0.2, 0) is 9.53 Å². The highest BCUT2D eigenvalue weighted by Gasteiger charge is 2.26. The maximum atomic E-state index is 12.5. The third-order valence-corrected chi connectivity index (χ3v) is 5.22. The number of rotatable bonds is 5. The lowest BCUT2D eigenvalue weighted by Crippen LogP contribution is -2.45. The number of aryl methyl sites for hydroxylation is 1. The molecule has 0 saturated carbocycles. The van der Waals surface area contributed by atoms with Crippen molar-refractivity contribution < 1.29 is 19.1 Å². The summed E-state index contributed by atoms with van der Waals surface area (Å²) in [7, 11) is 0. The van der Waals surface area contributed by atoms with Gasteiger partial charge in [0.05, 0.1) is 18.9 Å². The fourth-order valence-corrected chi connectivity index (χ4v) is 3.50.